The summed E-state index contributed by atoms with van der Waals surface area (Å²) < 4.78 is 1.95. The van der Waals surface area contributed by atoms with Crippen molar-refractivity contribution in [2.75, 3.05) is 0 Å². The van der Waals surface area contributed by atoms with E-state index in [1.165, 1.54) is 0 Å². The monoisotopic (exact) mass is 394 g/mol. The molecule has 0 amide bonds. The second-order valence-corrected chi connectivity index (χ2v) is 3.50. The Morgan fingerprint density at radius 1 is 1.27 bits per heavy atom. The number of nitrogens with zero attached hydrogens (tertiary/aromatic N) is 2. The Hall–Kier alpha value is -0.891. The van der Waals surface area contributed by atoms with E-state index >= 15 is 0 Å². The van der Waals surface area contributed by atoms with Crippen LogP contribution in [0.15, 0.2) is 36.8 Å². The normalized spacial score (nSPS) is 10.5. The molecule has 77 valence electrons. The SMILES string of the molecule is Clc1cc[c-]c2c1ccn1ccnc21.[Ir]. The zero-order chi connectivity index (χ0) is 9.54. The van der Waals surface area contributed by atoms with Gasteiger partial charge in [0.25, 0.3) is 0 Å². The maximum absolute atomic E-state index is 6.07. The summed E-state index contributed by atoms with van der Waals surface area (Å²) in [7, 11) is 0. The summed E-state index contributed by atoms with van der Waals surface area (Å²) in [5, 5.41) is 2.70. The first-order valence-electron chi connectivity index (χ1n) is 4.28. The van der Waals surface area contributed by atoms with Crippen molar-refractivity contribution in [1.29, 1.82) is 0 Å². The van der Waals surface area contributed by atoms with E-state index in [4.69, 9.17) is 11.6 Å². The maximum Gasteiger partial charge on any atom is 0.0604 e. The number of benzene rings is 1. The van der Waals surface area contributed by atoms with E-state index in [2.05, 4.69) is 11.1 Å². The molecular weight excluding hydrogens is 388 g/mol. The maximum atomic E-state index is 6.07. The van der Waals surface area contributed by atoms with E-state index in [0.29, 0.717) is 0 Å². The van der Waals surface area contributed by atoms with Gasteiger partial charge in [0.1, 0.15) is 0 Å². The van der Waals surface area contributed by atoms with Crippen LogP contribution in [0.25, 0.3) is 16.4 Å². The van der Waals surface area contributed by atoms with Gasteiger partial charge in [-0.15, -0.1) is 29.8 Å². The number of rotatable bonds is 0. The molecule has 1 radical (unpaired) electrons. The van der Waals surface area contributed by atoms with Gasteiger partial charge in [0.05, 0.1) is 5.65 Å². The third-order valence-electron chi connectivity index (χ3n) is 2.28. The first kappa shape index (κ1) is 10.6. The van der Waals surface area contributed by atoms with Crippen molar-refractivity contribution < 1.29 is 20.1 Å². The molecule has 3 aromatic rings. The number of aromatic nitrogens is 2. The number of hydrogen-bond donors (Lipinski definition) is 0. The minimum absolute atomic E-state index is 0. The van der Waals surface area contributed by atoms with Crippen LogP contribution in [-0.4, -0.2) is 9.38 Å². The summed E-state index contributed by atoms with van der Waals surface area (Å²) in [5.74, 6) is 0. The Kier molecular flexibility index (Phi) is 2.78. The zero-order valence-electron chi connectivity index (χ0n) is 7.57. The van der Waals surface area contributed by atoms with Gasteiger partial charge < -0.3 is 4.40 Å². The summed E-state index contributed by atoms with van der Waals surface area (Å²) in [5.41, 5.74) is 0.894. The fourth-order valence-electron chi connectivity index (χ4n) is 1.61. The molecule has 4 heteroatoms. The minimum atomic E-state index is 0. The first-order chi connectivity index (χ1) is 6.86. The Labute approximate surface area is 105 Å². The predicted molar refractivity (Wildman–Crippen MR) is 56.5 cm³/mol. The van der Waals surface area contributed by atoms with Crippen molar-refractivity contribution in [3.8, 4) is 0 Å². The summed E-state index contributed by atoms with van der Waals surface area (Å²) in [6.45, 7) is 0. The minimum Gasteiger partial charge on any atom is -0.347 e. The summed E-state index contributed by atoms with van der Waals surface area (Å²) in [6, 6.07) is 8.78. The molecule has 1 aromatic carbocycles. The van der Waals surface area contributed by atoms with Crippen molar-refractivity contribution in [3.05, 3.63) is 47.9 Å². The molecule has 2 nitrogen and oxygen atoms in total. The average molecular weight is 394 g/mol. The van der Waals surface area contributed by atoms with E-state index in [1.54, 1.807) is 6.20 Å². The van der Waals surface area contributed by atoms with Crippen LogP contribution in [0.2, 0.25) is 5.02 Å². The van der Waals surface area contributed by atoms with Gasteiger partial charge in [-0.2, -0.15) is 0 Å². The van der Waals surface area contributed by atoms with E-state index in [1.807, 2.05) is 35.0 Å². The Bertz CT molecular complexity index is 618. The smallest absolute Gasteiger partial charge is 0.0604 e. The molecule has 0 atom stereocenters. The second kappa shape index (κ2) is 3.93. The van der Waals surface area contributed by atoms with Crippen LogP contribution in [0, 0.1) is 6.07 Å². The van der Waals surface area contributed by atoms with Crippen molar-refractivity contribution in [1.82, 2.24) is 9.38 Å². The molecule has 0 saturated carbocycles. The van der Waals surface area contributed by atoms with Gasteiger partial charge in [-0.05, 0) is 11.2 Å². The Morgan fingerprint density at radius 3 is 3.00 bits per heavy atom. The first-order valence-corrected chi connectivity index (χ1v) is 4.65. The Morgan fingerprint density at radius 2 is 2.13 bits per heavy atom. The molecule has 0 aliphatic carbocycles. The average Bonchev–Trinajstić information content (AvgIpc) is 2.66. The van der Waals surface area contributed by atoms with Gasteiger partial charge in [0.15, 0.2) is 0 Å². The second-order valence-electron chi connectivity index (χ2n) is 3.09. The largest absolute Gasteiger partial charge is 0.347 e. The Balaban J connectivity index is 0.000000853. The molecule has 2 aromatic heterocycles. The molecule has 0 unspecified atom stereocenters. The van der Waals surface area contributed by atoms with Gasteiger partial charge in [0.2, 0.25) is 0 Å². The summed E-state index contributed by atoms with van der Waals surface area (Å²) in [4.78, 5) is 4.26. The number of imidazole rings is 1. The topological polar surface area (TPSA) is 17.3 Å². The van der Waals surface area contributed by atoms with Crippen molar-refractivity contribution >= 4 is 28.0 Å². The number of fused-ring (bicyclic) bond motifs is 3. The molecule has 15 heavy (non-hydrogen) atoms. The molecule has 0 N–H and O–H groups in total. The predicted octanol–water partition coefficient (Wildman–Crippen LogP) is 2.94. The standard InChI is InChI=1S/C11H6ClN2.Ir/c12-10-3-1-2-9-8(10)4-6-14-7-5-13-11(9)14;/h1,3-7H;/q-1;. The van der Waals surface area contributed by atoms with Gasteiger partial charge in [0, 0.05) is 32.5 Å². The van der Waals surface area contributed by atoms with Gasteiger partial charge in [-0.25, -0.2) is 0 Å². The van der Waals surface area contributed by atoms with Crippen molar-refractivity contribution in [3.63, 3.8) is 0 Å². The van der Waals surface area contributed by atoms with Crippen LogP contribution in [0.5, 0.6) is 0 Å². The number of halogens is 1. The fourth-order valence-corrected chi connectivity index (χ4v) is 1.84. The molecule has 0 fully saturated rings. The molecular formula is C11H6ClIrN2-. The third-order valence-corrected chi connectivity index (χ3v) is 2.61. The van der Waals surface area contributed by atoms with Crippen LogP contribution in [0.4, 0.5) is 0 Å². The molecule has 0 bridgehead atoms. The van der Waals surface area contributed by atoms with E-state index in [0.717, 1.165) is 21.4 Å². The quantitative estimate of drug-likeness (QED) is 0.537. The van der Waals surface area contributed by atoms with Gasteiger partial charge in [-0.1, -0.05) is 16.8 Å². The van der Waals surface area contributed by atoms with E-state index in [-0.39, 0.29) is 20.1 Å². The number of pyridine rings is 1. The molecule has 2 heterocycles. The third kappa shape index (κ3) is 1.57. The van der Waals surface area contributed by atoms with Crippen LogP contribution in [-0.2, 0) is 20.1 Å². The van der Waals surface area contributed by atoms with Crippen molar-refractivity contribution in [2.45, 2.75) is 0 Å². The zero-order valence-corrected chi connectivity index (χ0v) is 10.7. The molecule has 3 rings (SSSR count). The number of hydrogen-bond acceptors (Lipinski definition) is 1. The molecule has 0 aliphatic rings. The van der Waals surface area contributed by atoms with Crippen LogP contribution in [0.1, 0.15) is 0 Å². The molecule has 0 aliphatic heterocycles. The van der Waals surface area contributed by atoms with Crippen LogP contribution in [0.3, 0.4) is 0 Å². The van der Waals surface area contributed by atoms with Gasteiger partial charge >= 0.3 is 0 Å². The van der Waals surface area contributed by atoms with Crippen LogP contribution >= 0.6 is 11.6 Å². The molecule has 0 saturated heterocycles. The van der Waals surface area contributed by atoms with Crippen LogP contribution < -0.4 is 0 Å². The van der Waals surface area contributed by atoms with E-state index < -0.39 is 0 Å². The fraction of sp³-hybridized carbons (Fsp3) is 0. The summed E-state index contributed by atoms with van der Waals surface area (Å²) >= 11 is 6.07. The summed E-state index contributed by atoms with van der Waals surface area (Å²) in [6.07, 6.45) is 5.62. The molecule has 0 spiro atoms. The van der Waals surface area contributed by atoms with E-state index in [9.17, 15) is 0 Å². The van der Waals surface area contributed by atoms with Gasteiger partial charge in [-0.3, -0.25) is 4.98 Å². The van der Waals surface area contributed by atoms with Crippen molar-refractivity contribution in [2.24, 2.45) is 0 Å².